The summed E-state index contributed by atoms with van der Waals surface area (Å²) < 4.78 is 0. The van der Waals surface area contributed by atoms with E-state index in [-0.39, 0.29) is 5.91 Å². The lowest BCUT2D eigenvalue weighted by atomic mass is 9.95. The second kappa shape index (κ2) is 9.43. The maximum absolute atomic E-state index is 12.0. The van der Waals surface area contributed by atoms with Crippen LogP contribution >= 0.6 is 0 Å². The van der Waals surface area contributed by atoms with E-state index < -0.39 is 0 Å². The highest BCUT2D eigenvalue weighted by Gasteiger charge is 2.15. The van der Waals surface area contributed by atoms with Crippen LogP contribution in [-0.4, -0.2) is 31.6 Å². The van der Waals surface area contributed by atoms with E-state index in [9.17, 15) is 4.79 Å². The molecule has 1 amide bonds. The van der Waals surface area contributed by atoms with Crippen LogP contribution in [0, 0.1) is 0 Å². The topological polar surface area (TPSA) is 44.4 Å². The lowest BCUT2D eigenvalue weighted by Crippen LogP contribution is -2.36. The second-order valence-corrected chi connectivity index (χ2v) is 6.30. The van der Waals surface area contributed by atoms with Gasteiger partial charge in [0.15, 0.2) is 0 Å². The van der Waals surface area contributed by atoms with Gasteiger partial charge >= 0.3 is 0 Å². The van der Waals surface area contributed by atoms with Gasteiger partial charge in [-0.3, -0.25) is 4.79 Å². The normalized spacial score (nSPS) is 15.2. The molecule has 2 rings (SSSR count). The highest BCUT2D eigenvalue weighted by Crippen LogP contribution is 2.18. The molecule has 4 heteroatoms. The zero-order chi connectivity index (χ0) is 16.5. The largest absolute Gasteiger partial charge is 0.385 e. The maximum Gasteiger partial charge on any atom is 0.221 e. The van der Waals surface area contributed by atoms with Gasteiger partial charge in [-0.1, -0.05) is 19.3 Å². The van der Waals surface area contributed by atoms with Crippen molar-refractivity contribution in [1.82, 2.24) is 5.32 Å². The van der Waals surface area contributed by atoms with E-state index >= 15 is 0 Å². The van der Waals surface area contributed by atoms with Crippen molar-refractivity contribution in [2.75, 3.05) is 29.9 Å². The fraction of sp³-hybridized carbons (Fsp3) is 0.632. The summed E-state index contributed by atoms with van der Waals surface area (Å²) in [5.41, 5.74) is 2.32. The number of nitrogens with one attached hydrogen (secondary N) is 2. The van der Waals surface area contributed by atoms with Gasteiger partial charge in [0.1, 0.15) is 0 Å². The molecule has 23 heavy (non-hydrogen) atoms. The van der Waals surface area contributed by atoms with Crippen LogP contribution in [0.4, 0.5) is 11.4 Å². The van der Waals surface area contributed by atoms with Crippen LogP contribution in [-0.2, 0) is 4.79 Å². The monoisotopic (exact) mass is 317 g/mol. The summed E-state index contributed by atoms with van der Waals surface area (Å²) in [5, 5.41) is 6.49. The number of rotatable bonds is 8. The Balaban J connectivity index is 1.70. The van der Waals surface area contributed by atoms with Crippen LogP contribution in [0.25, 0.3) is 0 Å². The number of carbonyl (C=O) groups excluding carboxylic acids is 1. The molecule has 1 saturated carbocycles. The van der Waals surface area contributed by atoms with Gasteiger partial charge in [0.2, 0.25) is 5.91 Å². The predicted molar refractivity (Wildman–Crippen MR) is 98.1 cm³/mol. The Bertz CT molecular complexity index is 462. The molecule has 0 bridgehead atoms. The predicted octanol–water partition coefficient (Wildman–Crippen LogP) is 3.78. The average molecular weight is 317 g/mol. The molecule has 1 aromatic rings. The molecule has 1 aromatic carbocycles. The molecule has 0 atom stereocenters. The summed E-state index contributed by atoms with van der Waals surface area (Å²) in [4.78, 5) is 14.3. The van der Waals surface area contributed by atoms with E-state index in [1.165, 1.54) is 24.9 Å². The van der Waals surface area contributed by atoms with Crippen LogP contribution in [0.3, 0.4) is 0 Å². The minimum absolute atomic E-state index is 0.171. The second-order valence-electron chi connectivity index (χ2n) is 6.30. The highest BCUT2D eigenvalue weighted by molar-refractivity contribution is 5.76. The number of nitrogens with zero attached hydrogens (tertiary/aromatic N) is 1. The van der Waals surface area contributed by atoms with Gasteiger partial charge in [0.05, 0.1) is 0 Å². The Kier molecular flexibility index (Phi) is 7.24. The molecule has 128 valence electrons. The first-order chi connectivity index (χ1) is 11.2. The van der Waals surface area contributed by atoms with Crippen molar-refractivity contribution in [3.63, 3.8) is 0 Å². The third-order valence-corrected chi connectivity index (χ3v) is 4.65. The van der Waals surface area contributed by atoms with E-state index in [4.69, 9.17) is 0 Å². The molecule has 0 saturated heterocycles. The first kappa shape index (κ1) is 17.6. The summed E-state index contributed by atoms with van der Waals surface area (Å²) in [6, 6.07) is 8.86. The number of amides is 1. The van der Waals surface area contributed by atoms with Crippen molar-refractivity contribution < 1.29 is 4.79 Å². The van der Waals surface area contributed by atoms with Gasteiger partial charge in [-0.25, -0.2) is 0 Å². The minimum Gasteiger partial charge on any atom is -0.385 e. The van der Waals surface area contributed by atoms with E-state index in [0.29, 0.717) is 19.0 Å². The van der Waals surface area contributed by atoms with Crippen molar-refractivity contribution in [1.29, 1.82) is 0 Å². The molecule has 1 aliphatic carbocycles. The smallest absolute Gasteiger partial charge is 0.221 e. The SMILES string of the molecule is CCN(CC)c1ccc(NCCC(=O)NC2CCCCC2)cc1. The van der Waals surface area contributed by atoms with E-state index in [1.54, 1.807) is 0 Å². The van der Waals surface area contributed by atoms with Gasteiger partial charge < -0.3 is 15.5 Å². The Morgan fingerprint density at radius 2 is 1.74 bits per heavy atom. The van der Waals surface area contributed by atoms with Crippen LogP contribution in [0.5, 0.6) is 0 Å². The molecule has 0 aromatic heterocycles. The molecule has 0 radical (unpaired) electrons. The summed E-state index contributed by atoms with van der Waals surface area (Å²) >= 11 is 0. The third-order valence-electron chi connectivity index (χ3n) is 4.65. The Hall–Kier alpha value is -1.71. The molecule has 1 fully saturated rings. The molecular formula is C19H31N3O. The molecule has 2 N–H and O–H groups in total. The van der Waals surface area contributed by atoms with Gasteiger partial charge in [-0.2, -0.15) is 0 Å². The first-order valence-corrected chi connectivity index (χ1v) is 9.11. The zero-order valence-corrected chi connectivity index (χ0v) is 14.6. The van der Waals surface area contributed by atoms with E-state index in [2.05, 4.69) is 53.6 Å². The molecule has 1 aliphatic rings. The van der Waals surface area contributed by atoms with Crippen molar-refractivity contribution in [3.05, 3.63) is 24.3 Å². The molecule has 0 heterocycles. The standard InChI is InChI=1S/C19H31N3O/c1-3-22(4-2)18-12-10-16(11-13-18)20-15-14-19(23)21-17-8-6-5-7-9-17/h10-13,17,20H,3-9,14-15H2,1-2H3,(H,21,23). The van der Waals surface area contributed by atoms with Gasteiger partial charge in [0.25, 0.3) is 0 Å². The summed E-state index contributed by atoms with van der Waals surface area (Å²) in [5.74, 6) is 0.171. The summed E-state index contributed by atoms with van der Waals surface area (Å²) in [7, 11) is 0. The van der Waals surface area contributed by atoms with Crippen molar-refractivity contribution in [3.8, 4) is 0 Å². The van der Waals surface area contributed by atoms with Crippen LogP contribution in [0.2, 0.25) is 0 Å². The molecule has 4 nitrogen and oxygen atoms in total. The average Bonchev–Trinajstić information content (AvgIpc) is 2.58. The molecule has 0 aliphatic heterocycles. The molecular weight excluding hydrogens is 286 g/mol. The number of hydrogen-bond acceptors (Lipinski definition) is 3. The lowest BCUT2D eigenvalue weighted by molar-refractivity contribution is -0.121. The van der Waals surface area contributed by atoms with Crippen LogP contribution < -0.4 is 15.5 Å². The zero-order valence-electron chi connectivity index (χ0n) is 14.6. The minimum atomic E-state index is 0.171. The lowest BCUT2D eigenvalue weighted by Gasteiger charge is -2.23. The molecule has 0 spiro atoms. The fourth-order valence-corrected chi connectivity index (χ4v) is 3.25. The number of anilines is 2. The maximum atomic E-state index is 12.0. The van der Waals surface area contributed by atoms with Crippen LogP contribution in [0.15, 0.2) is 24.3 Å². The highest BCUT2D eigenvalue weighted by atomic mass is 16.1. The van der Waals surface area contributed by atoms with Gasteiger partial charge in [-0.05, 0) is 51.0 Å². The molecule has 0 unspecified atom stereocenters. The summed E-state index contributed by atoms with van der Waals surface area (Å²) in [6.07, 6.45) is 6.65. The van der Waals surface area contributed by atoms with Gasteiger partial charge in [-0.15, -0.1) is 0 Å². The van der Waals surface area contributed by atoms with E-state index in [1.807, 2.05) is 0 Å². The number of benzene rings is 1. The van der Waals surface area contributed by atoms with Crippen molar-refractivity contribution >= 4 is 17.3 Å². The van der Waals surface area contributed by atoms with Crippen LogP contribution in [0.1, 0.15) is 52.4 Å². The van der Waals surface area contributed by atoms with Crippen molar-refractivity contribution in [2.45, 2.75) is 58.4 Å². The van der Waals surface area contributed by atoms with Crippen molar-refractivity contribution in [2.24, 2.45) is 0 Å². The summed E-state index contributed by atoms with van der Waals surface area (Å²) in [6.45, 7) is 7.06. The number of carbonyl (C=O) groups is 1. The quantitative estimate of drug-likeness (QED) is 0.767. The number of hydrogen-bond donors (Lipinski definition) is 2. The third kappa shape index (κ3) is 5.77. The Morgan fingerprint density at radius 1 is 1.09 bits per heavy atom. The van der Waals surface area contributed by atoms with E-state index in [0.717, 1.165) is 31.6 Å². The van der Waals surface area contributed by atoms with Gasteiger partial charge in [0, 0.05) is 43.5 Å². The Morgan fingerprint density at radius 3 is 2.35 bits per heavy atom. The fourth-order valence-electron chi connectivity index (χ4n) is 3.25. The Labute approximate surface area is 140 Å². The first-order valence-electron chi connectivity index (χ1n) is 9.11.